The molecule has 1 amide bonds. The van der Waals surface area contributed by atoms with Crippen molar-refractivity contribution in [1.82, 2.24) is 10.0 Å². The quantitative estimate of drug-likeness (QED) is 0.410. The first-order chi connectivity index (χ1) is 7.02. The molecule has 0 unspecified atom stereocenters. The number of rotatable bonds is 8. The van der Waals surface area contributed by atoms with E-state index in [9.17, 15) is 13.2 Å². The molecule has 7 nitrogen and oxygen atoms in total. The van der Waals surface area contributed by atoms with E-state index in [2.05, 4.69) is 10.0 Å². The molecule has 0 aliphatic heterocycles. The number of methoxy groups -OCH3 is 1. The molecule has 15 heavy (non-hydrogen) atoms. The van der Waals surface area contributed by atoms with Gasteiger partial charge in [0.05, 0.1) is 18.9 Å². The predicted molar refractivity (Wildman–Crippen MR) is 55.7 cm³/mol. The first kappa shape index (κ1) is 14.3. The van der Waals surface area contributed by atoms with Gasteiger partial charge < -0.3 is 15.8 Å². The summed E-state index contributed by atoms with van der Waals surface area (Å²) in [6.45, 7) is 0.502. The van der Waals surface area contributed by atoms with Crippen molar-refractivity contribution < 1.29 is 17.9 Å². The fourth-order valence-corrected chi connectivity index (χ4v) is 1.56. The average molecular weight is 239 g/mol. The number of hydrogen-bond donors (Lipinski definition) is 3. The van der Waals surface area contributed by atoms with E-state index in [0.717, 1.165) is 0 Å². The minimum Gasteiger partial charge on any atom is -0.383 e. The maximum absolute atomic E-state index is 11.1. The minimum atomic E-state index is -3.42. The molecule has 90 valence electrons. The first-order valence-electron chi connectivity index (χ1n) is 4.45. The van der Waals surface area contributed by atoms with E-state index >= 15 is 0 Å². The number of amides is 1. The molecular formula is C7H17N3O4S. The zero-order valence-corrected chi connectivity index (χ0v) is 9.47. The lowest BCUT2D eigenvalue weighted by Gasteiger charge is -2.06. The number of carbonyl (C=O) groups excluding carboxylic acids is 1. The van der Waals surface area contributed by atoms with Crippen LogP contribution in [0.25, 0.3) is 0 Å². The van der Waals surface area contributed by atoms with Gasteiger partial charge in [0.1, 0.15) is 0 Å². The van der Waals surface area contributed by atoms with E-state index in [4.69, 9.17) is 10.5 Å². The molecule has 0 saturated heterocycles. The highest BCUT2D eigenvalue weighted by Crippen LogP contribution is 1.80. The third kappa shape index (κ3) is 8.30. The van der Waals surface area contributed by atoms with Gasteiger partial charge in [0.25, 0.3) is 0 Å². The Morgan fingerprint density at radius 3 is 2.67 bits per heavy atom. The molecule has 0 aliphatic rings. The molecule has 0 aromatic carbocycles. The summed E-state index contributed by atoms with van der Waals surface area (Å²) in [6, 6.07) is 0. The second kappa shape index (κ2) is 7.57. The van der Waals surface area contributed by atoms with Crippen LogP contribution in [0.1, 0.15) is 0 Å². The molecule has 0 aliphatic carbocycles. The van der Waals surface area contributed by atoms with Crippen molar-refractivity contribution >= 4 is 15.9 Å². The maximum atomic E-state index is 11.1. The molecule has 4 N–H and O–H groups in total. The second-order valence-electron chi connectivity index (χ2n) is 2.77. The summed E-state index contributed by atoms with van der Waals surface area (Å²) in [5, 5.41) is 2.48. The largest absolute Gasteiger partial charge is 0.383 e. The number of ether oxygens (including phenoxy) is 1. The van der Waals surface area contributed by atoms with Gasteiger partial charge in [-0.2, -0.15) is 0 Å². The Balaban J connectivity index is 3.71. The smallest absolute Gasteiger partial charge is 0.235 e. The Hall–Kier alpha value is -0.700. The van der Waals surface area contributed by atoms with Gasteiger partial charge in [-0.1, -0.05) is 0 Å². The number of sulfonamides is 1. The molecule has 0 spiro atoms. The summed E-state index contributed by atoms with van der Waals surface area (Å²) in [4.78, 5) is 11.0. The normalized spacial score (nSPS) is 11.3. The molecule has 0 aromatic heterocycles. The SMILES string of the molecule is COCCNC(=O)CNS(=O)(=O)CCN. The van der Waals surface area contributed by atoms with Crippen molar-refractivity contribution in [3.05, 3.63) is 0 Å². The zero-order valence-electron chi connectivity index (χ0n) is 8.65. The molecule has 0 atom stereocenters. The van der Waals surface area contributed by atoms with Crippen molar-refractivity contribution in [2.45, 2.75) is 0 Å². The van der Waals surface area contributed by atoms with Crippen LogP contribution in [-0.4, -0.2) is 53.4 Å². The minimum absolute atomic E-state index is 0.0284. The van der Waals surface area contributed by atoms with E-state index in [-0.39, 0.29) is 18.8 Å². The summed E-state index contributed by atoms with van der Waals surface area (Å²) in [5.74, 6) is -0.578. The summed E-state index contributed by atoms with van der Waals surface area (Å²) >= 11 is 0. The Morgan fingerprint density at radius 1 is 1.47 bits per heavy atom. The lowest BCUT2D eigenvalue weighted by Crippen LogP contribution is -2.39. The van der Waals surface area contributed by atoms with Gasteiger partial charge in [0, 0.05) is 20.2 Å². The average Bonchev–Trinajstić information content (AvgIpc) is 2.15. The van der Waals surface area contributed by atoms with E-state index < -0.39 is 15.9 Å². The van der Waals surface area contributed by atoms with Gasteiger partial charge in [-0.15, -0.1) is 0 Å². The van der Waals surface area contributed by atoms with Crippen LogP contribution in [0.15, 0.2) is 0 Å². The topological polar surface area (TPSA) is 111 Å². The second-order valence-corrected chi connectivity index (χ2v) is 4.70. The lowest BCUT2D eigenvalue weighted by atomic mass is 10.6. The van der Waals surface area contributed by atoms with Crippen LogP contribution in [0.5, 0.6) is 0 Å². The van der Waals surface area contributed by atoms with Crippen LogP contribution < -0.4 is 15.8 Å². The standard InChI is InChI=1S/C7H17N3O4S/c1-14-4-3-9-7(11)6-10-15(12,13)5-2-8/h10H,2-6,8H2,1H3,(H,9,11). The van der Waals surface area contributed by atoms with E-state index in [0.29, 0.717) is 13.2 Å². The molecule has 0 fully saturated rings. The number of hydrogen-bond acceptors (Lipinski definition) is 5. The summed E-state index contributed by atoms with van der Waals surface area (Å²) in [7, 11) is -1.91. The monoisotopic (exact) mass is 239 g/mol. The molecular weight excluding hydrogens is 222 g/mol. The summed E-state index contributed by atoms with van der Waals surface area (Å²) in [6.07, 6.45) is 0. The zero-order chi connectivity index (χ0) is 11.7. The van der Waals surface area contributed by atoms with Crippen molar-refractivity contribution in [3.8, 4) is 0 Å². The molecule has 8 heteroatoms. The number of nitrogens with two attached hydrogens (primary N) is 1. The molecule has 0 rings (SSSR count). The van der Waals surface area contributed by atoms with Gasteiger partial charge >= 0.3 is 0 Å². The Morgan fingerprint density at radius 2 is 2.13 bits per heavy atom. The van der Waals surface area contributed by atoms with Gasteiger partial charge in [0.2, 0.25) is 15.9 Å². The summed E-state index contributed by atoms with van der Waals surface area (Å²) in [5.41, 5.74) is 5.08. The van der Waals surface area contributed by atoms with Gasteiger partial charge in [-0.05, 0) is 0 Å². The fourth-order valence-electron chi connectivity index (χ4n) is 0.758. The lowest BCUT2D eigenvalue weighted by molar-refractivity contribution is -0.120. The molecule has 0 bridgehead atoms. The van der Waals surface area contributed by atoms with Crippen LogP contribution in [-0.2, 0) is 19.6 Å². The van der Waals surface area contributed by atoms with E-state index in [1.54, 1.807) is 0 Å². The predicted octanol–water partition coefficient (Wildman–Crippen LogP) is -2.37. The molecule has 0 aromatic rings. The van der Waals surface area contributed by atoms with Crippen LogP contribution >= 0.6 is 0 Å². The van der Waals surface area contributed by atoms with Gasteiger partial charge in [-0.25, -0.2) is 13.1 Å². The molecule has 0 heterocycles. The molecule has 0 radical (unpaired) electrons. The Bertz CT molecular complexity index is 278. The van der Waals surface area contributed by atoms with Crippen molar-refractivity contribution in [2.24, 2.45) is 5.73 Å². The Labute approximate surface area is 89.4 Å². The van der Waals surface area contributed by atoms with Crippen molar-refractivity contribution in [1.29, 1.82) is 0 Å². The van der Waals surface area contributed by atoms with Crippen LogP contribution in [0, 0.1) is 0 Å². The third-order valence-corrected chi connectivity index (χ3v) is 2.82. The summed E-state index contributed by atoms with van der Waals surface area (Å²) < 4.78 is 29.0. The fraction of sp³-hybridized carbons (Fsp3) is 0.857. The number of carbonyl (C=O) groups is 1. The highest BCUT2D eigenvalue weighted by Gasteiger charge is 2.10. The van der Waals surface area contributed by atoms with Crippen LogP contribution in [0.4, 0.5) is 0 Å². The van der Waals surface area contributed by atoms with Crippen LogP contribution in [0.3, 0.4) is 0 Å². The highest BCUT2D eigenvalue weighted by atomic mass is 32.2. The van der Waals surface area contributed by atoms with Crippen molar-refractivity contribution in [2.75, 3.05) is 39.1 Å². The Kier molecular flexibility index (Phi) is 7.22. The van der Waals surface area contributed by atoms with Gasteiger partial charge in [0.15, 0.2) is 0 Å². The van der Waals surface area contributed by atoms with E-state index in [1.165, 1.54) is 7.11 Å². The maximum Gasteiger partial charge on any atom is 0.235 e. The van der Waals surface area contributed by atoms with Gasteiger partial charge in [-0.3, -0.25) is 4.79 Å². The van der Waals surface area contributed by atoms with E-state index in [1.807, 2.05) is 0 Å². The number of nitrogens with one attached hydrogen (secondary N) is 2. The third-order valence-electron chi connectivity index (χ3n) is 1.47. The molecule has 0 saturated carbocycles. The van der Waals surface area contributed by atoms with Crippen molar-refractivity contribution in [3.63, 3.8) is 0 Å². The highest BCUT2D eigenvalue weighted by molar-refractivity contribution is 7.89. The first-order valence-corrected chi connectivity index (χ1v) is 6.10. The van der Waals surface area contributed by atoms with Crippen LogP contribution in [0.2, 0.25) is 0 Å².